The lowest BCUT2D eigenvalue weighted by Gasteiger charge is -2.40. The summed E-state index contributed by atoms with van der Waals surface area (Å²) in [6, 6.07) is 6.43. The zero-order valence-electron chi connectivity index (χ0n) is 23.6. The number of nitrogens with zero attached hydrogens (tertiary/aromatic N) is 6. The second-order valence-corrected chi connectivity index (χ2v) is 14.6. The molecule has 3 aliphatic rings. The molecule has 3 aromatic rings. The number of sulfonamides is 1. The van der Waals surface area contributed by atoms with Gasteiger partial charge in [-0.05, 0) is 24.6 Å². The Hall–Kier alpha value is -3.06. The molecule has 3 aliphatic heterocycles. The van der Waals surface area contributed by atoms with E-state index < -0.39 is 22.0 Å². The SMILES string of the molecule is CN1CCc2nc(C(=O)N3CCN(S(=O)(=O)c4sc5cc(Cl)ccc5c4CC#N)CC3CC(=O)N3CCOCC3)oc2C1. The first-order chi connectivity index (χ1) is 20.7. The number of likely N-dealkylation sites (N-methyl/N-ethyl adjacent to an activating group) is 1. The highest BCUT2D eigenvalue weighted by molar-refractivity contribution is 7.91. The van der Waals surface area contributed by atoms with Crippen LogP contribution in [0.4, 0.5) is 0 Å². The Morgan fingerprint density at radius 1 is 1.19 bits per heavy atom. The molecule has 12 nitrogen and oxygen atoms in total. The largest absolute Gasteiger partial charge is 0.436 e. The van der Waals surface area contributed by atoms with Crippen LogP contribution in [0.2, 0.25) is 5.02 Å². The van der Waals surface area contributed by atoms with Crippen LogP contribution in [0, 0.1) is 11.3 Å². The Bertz CT molecular complexity index is 1710. The number of oxazole rings is 1. The van der Waals surface area contributed by atoms with E-state index in [1.165, 1.54) is 9.21 Å². The van der Waals surface area contributed by atoms with Crippen molar-refractivity contribution in [3.8, 4) is 6.07 Å². The standard InChI is InChI=1S/C28H31ClN6O6S2/c1-32-7-5-22-23(17-32)41-26(31-22)27(37)35-9-8-34(16-19(35)15-25(36)33-10-12-40-13-11-33)43(38,39)28-21(4-6-30)20-3-2-18(29)14-24(20)42-28/h2-3,14,19H,4-5,7-13,15-17H2,1H3. The van der Waals surface area contributed by atoms with Gasteiger partial charge in [-0.2, -0.15) is 9.57 Å². The Kier molecular flexibility index (Phi) is 8.47. The van der Waals surface area contributed by atoms with Crippen LogP contribution in [0.25, 0.3) is 10.1 Å². The number of ether oxygens (including phenoxy) is 1. The lowest BCUT2D eigenvalue weighted by atomic mass is 10.1. The quantitative estimate of drug-likeness (QED) is 0.395. The number of carbonyl (C=O) groups is 2. The van der Waals surface area contributed by atoms with Gasteiger partial charge in [-0.1, -0.05) is 17.7 Å². The van der Waals surface area contributed by atoms with Crippen molar-refractivity contribution in [1.82, 2.24) is 24.0 Å². The highest BCUT2D eigenvalue weighted by atomic mass is 35.5. The van der Waals surface area contributed by atoms with Crippen LogP contribution in [0.5, 0.6) is 0 Å². The highest BCUT2D eigenvalue weighted by Crippen LogP contribution is 2.38. The third-order valence-corrected chi connectivity index (χ3v) is 12.0. The number of hydrogen-bond acceptors (Lipinski definition) is 10. The molecular weight excluding hydrogens is 616 g/mol. The normalized spacial score (nSPS) is 20.3. The monoisotopic (exact) mass is 646 g/mol. The van der Waals surface area contributed by atoms with Crippen molar-refractivity contribution in [3.63, 3.8) is 0 Å². The first-order valence-electron chi connectivity index (χ1n) is 14.1. The molecule has 5 heterocycles. The summed E-state index contributed by atoms with van der Waals surface area (Å²) in [7, 11) is -2.11. The zero-order chi connectivity index (χ0) is 30.3. The molecule has 0 aliphatic carbocycles. The Morgan fingerprint density at radius 3 is 2.74 bits per heavy atom. The van der Waals surface area contributed by atoms with Crippen LogP contribution in [-0.2, 0) is 38.9 Å². The minimum atomic E-state index is -4.08. The summed E-state index contributed by atoms with van der Waals surface area (Å²) in [4.78, 5) is 36.9. The van der Waals surface area contributed by atoms with E-state index in [-0.39, 0.29) is 48.5 Å². The highest BCUT2D eigenvalue weighted by Gasteiger charge is 2.41. The van der Waals surface area contributed by atoms with Crippen LogP contribution >= 0.6 is 22.9 Å². The molecule has 1 unspecified atom stereocenters. The average Bonchev–Trinajstić information content (AvgIpc) is 3.58. The van der Waals surface area contributed by atoms with Gasteiger partial charge < -0.3 is 19.0 Å². The van der Waals surface area contributed by atoms with E-state index in [0.717, 1.165) is 23.6 Å². The molecule has 1 atom stereocenters. The fraction of sp³-hybridized carbons (Fsp3) is 0.500. The Morgan fingerprint density at radius 2 is 1.98 bits per heavy atom. The van der Waals surface area contributed by atoms with Crippen LogP contribution in [0.1, 0.15) is 34.1 Å². The molecule has 2 saturated heterocycles. The maximum atomic E-state index is 14.1. The molecule has 0 saturated carbocycles. The molecule has 0 spiro atoms. The number of nitriles is 1. The topological polar surface area (TPSA) is 140 Å². The van der Waals surface area contributed by atoms with Gasteiger partial charge in [0.05, 0.1) is 44.0 Å². The third kappa shape index (κ3) is 5.90. The van der Waals surface area contributed by atoms with Gasteiger partial charge in [0, 0.05) is 67.4 Å². The van der Waals surface area contributed by atoms with Gasteiger partial charge >= 0.3 is 5.91 Å². The van der Waals surface area contributed by atoms with Gasteiger partial charge in [0.15, 0.2) is 0 Å². The Balaban J connectivity index is 1.31. The van der Waals surface area contributed by atoms with E-state index in [9.17, 15) is 23.3 Å². The molecular formula is C28H31ClN6O6S2. The molecule has 0 radical (unpaired) electrons. The third-order valence-electron chi connectivity index (χ3n) is 8.13. The van der Waals surface area contributed by atoms with Crippen LogP contribution in [-0.4, -0.2) is 110 Å². The van der Waals surface area contributed by atoms with Gasteiger partial charge in [-0.3, -0.25) is 14.5 Å². The van der Waals surface area contributed by atoms with E-state index in [1.807, 2.05) is 7.05 Å². The summed E-state index contributed by atoms with van der Waals surface area (Å²) in [6.07, 6.45) is 0.518. The lowest BCUT2D eigenvalue weighted by Crippen LogP contribution is -2.58. The fourth-order valence-electron chi connectivity index (χ4n) is 5.84. The molecule has 0 bridgehead atoms. The number of hydrogen-bond donors (Lipinski definition) is 0. The van der Waals surface area contributed by atoms with Gasteiger partial charge in [0.1, 0.15) is 9.97 Å². The van der Waals surface area contributed by atoms with Crippen LogP contribution < -0.4 is 0 Å². The first kappa shape index (κ1) is 30.0. The van der Waals surface area contributed by atoms with Crippen molar-refractivity contribution in [2.24, 2.45) is 0 Å². The molecule has 6 rings (SSSR count). The number of rotatable bonds is 6. The maximum absolute atomic E-state index is 14.1. The lowest BCUT2D eigenvalue weighted by molar-refractivity contribution is -0.136. The number of thiophene rings is 1. The fourth-order valence-corrected chi connectivity index (χ4v) is 9.50. The van der Waals surface area contributed by atoms with E-state index in [4.69, 9.17) is 20.8 Å². The first-order valence-corrected chi connectivity index (χ1v) is 16.7. The van der Waals surface area contributed by atoms with Crippen molar-refractivity contribution in [3.05, 3.63) is 46.1 Å². The van der Waals surface area contributed by atoms with E-state index >= 15 is 0 Å². The van der Waals surface area contributed by atoms with Gasteiger partial charge in [-0.15, -0.1) is 11.3 Å². The number of fused-ring (bicyclic) bond motifs is 2. The minimum absolute atomic E-state index is 0.0144. The van der Waals surface area contributed by atoms with E-state index in [1.54, 1.807) is 23.1 Å². The van der Waals surface area contributed by atoms with Crippen molar-refractivity contribution >= 4 is 54.9 Å². The Labute approximate surface area is 258 Å². The number of morpholine rings is 1. The number of piperazine rings is 1. The second-order valence-electron chi connectivity index (χ2n) is 10.9. The number of benzene rings is 1. The number of aromatic nitrogens is 1. The molecule has 228 valence electrons. The summed E-state index contributed by atoms with van der Waals surface area (Å²) in [5, 5.41) is 10.6. The van der Waals surface area contributed by atoms with Crippen molar-refractivity contribution in [1.29, 1.82) is 5.26 Å². The summed E-state index contributed by atoms with van der Waals surface area (Å²) in [5.74, 6) is -0.0387. The predicted molar refractivity (Wildman–Crippen MR) is 158 cm³/mol. The number of carbonyl (C=O) groups excluding carboxylic acids is 2. The smallest absolute Gasteiger partial charge is 0.310 e. The van der Waals surface area contributed by atoms with Crippen molar-refractivity contribution in [2.75, 3.05) is 59.5 Å². The summed E-state index contributed by atoms with van der Waals surface area (Å²) in [5.41, 5.74) is 1.17. The zero-order valence-corrected chi connectivity index (χ0v) is 26.0. The van der Waals surface area contributed by atoms with Crippen LogP contribution in [0.3, 0.4) is 0 Å². The summed E-state index contributed by atoms with van der Waals surface area (Å²) >= 11 is 7.25. The maximum Gasteiger partial charge on any atom is 0.310 e. The van der Waals surface area contributed by atoms with Gasteiger partial charge in [-0.25, -0.2) is 13.4 Å². The van der Waals surface area contributed by atoms with E-state index in [0.29, 0.717) is 65.7 Å². The minimum Gasteiger partial charge on any atom is -0.436 e. The average molecular weight is 647 g/mol. The molecule has 15 heteroatoms. The van der Waals surface area contributed by atoms with Crippen molar-refractivity contribution in [2.45, 2.75) is 36.1 Å². The van der Waals surface area contributed by atoms with Crippen molar-refractivity contribution < 1.29 is 27.2 Å². The number of amides is 2. The van der Waals surface area contributed by atoms with E-state index in [2.05, 4.69) is 16.0 Å². The van der Waals surface area contributed by atoms with Crippen LogP contribution in [0.15, 0.2) is 26.8 Å². The molecule has 2 amide bonds. The summed E-state index contributed by atoms with van der Waals surface area (Å²) in [6.45, 7) is 3.04. The molecule has 0 N–H and O–H groups in total. The predicted octanol–water partition coefficient (Wildman–Crippen LogP) is 2.36. The molecule has 2 fully saturated rings. The van der Waals surface area contributed by atoms with Gasteiger partial charge in [0.2, 0.25) is 5.91 Å². The molecule has 43 heavy (non-hydrogen) atoms. The van der Waals surface area contributed by atoms with Gasteiger partial charge in [0.25, 0.3) is 15.9 Å². The summed E-state index contributed by atoms with van der Waals surface area (Å²) < 4.78 is 41.6. The molecule has 1 aromatic carbocycles. The molecule has 2 aromatic heterocycles. The number of halogens is 1. The second kappa shape index (κ2) is 12.1.